The number of carbonyl (C=O) groups is 2. The smallest absolute Gasteiger partial charge is 0.411 e. The van der Waals surface area contributed by atoms with Gasteiger partial charge in [-0.15, -0.1) is 0 Å². The van der Waals surface area contributed by atoms with Gasteiger partial charge in [-0.05, 0) is 13.3 Å². The van der Waals surface area contributed by atoms with Crippen molar-refractivity contribution in [1.82, 2.24) is 5.32 Å². The predicted octanol–water partition coefficient (Wildman–Crippen LogP) is 1.11. The van der Waals surface area contributed by atoms with Crippen molar-refractivity contribution in [3.8, 4) is 0 Å². The third-order valence-corrected chi connectivity index (χ3v) is 1.19. The maximum atomic E-state index is 10.8. The van der Waals surface area contributed by atoms with Crippen LogP contribution in [0.25, 0.3) is 0 Å². The van der Waals surface area contributed by atoms with E-state index < -0.39 is 12.1 Å². The van der Waals surface area contributed by atoms with E-state index in [2.05, 4.69) is 10.1 Å². The zero-order valence-corrected chi connectivity index (χ0v) is 7.66. The predicted molar refractivity (Wildman–Crippen MR) is 46.2 cm³/mol. The fraction of sp³-hybridized carbons (Fsp3) is 0.500. The van der Waals surface area contributed by atoms with Crippen LogP contribution in [-0.2, 0) is 9.53 Å². The maximum absolute atomic E-state index is 10.8. The van der Waals surface area contributed by atoms with Crippen LogP contribution >= 0.6 is 0 Å². The topological polar surface area (TPSA) is 75.6 Å². The molecule has 5 nitrogen and oxygen atoms in total. The Labute approximate surface area is 76.4 Å². The second-order valence-electron chi connectivity index (χ2n) is 2.27. The summed E-state index contributed by atoms with van der Waals surface area (Å²) in [5.41, 5.74) is -0.180. The lowest BCUT2D eigenvalue weighted by Gasteiger charge is -2.05. The summed E-state index contributed by atoms with van der Waals surface area (Å²) < 4.78 is 4.62. The molecular formula is C8H13NO4. The highest BCUT2D eigenvalue weighted by molar-refractivity contribution is 5.90. The zero-order valence-electron chi connectivity index (χ0n) is 7.66. The highest BCUT2D eigenvalue weighted by Gasteiger charge is 2.10. The van der Waals surface area contributed by atoms with E-state index in [0.717, 1.165) is 0 Å². The molecule has 13 heavy (non-hydrogen) atoms. The largest absolute Gasteiger partial charge is 0.477 e. The van der Waals surface area contributed by atoms with E-state index in [-0.39, 0.29) is 12.3 Å². The van der Waals surface area contributed by atoms with Gasteiger partial charge in [-0.1, -0.05) is 13.0 Å². The minimum atomic E-state index is -1.18. The van der Waals surface area contributed by atoms with Crippen LogP contribution in [-0.4, -0.2) is 23.8 Å². The minimum absolute atomic E-state index is 0.180. The summed E-state index contributed by atoms with van der Waals surface area (Å²) in [6.45, 7) is 3.65. The van der Waals surface area contributed by atoms with Crippen molar-refractivity contribution in [1.29, 1.82) is 0 Å². The van der Waals surface area contributed by atoms with E-state index in [0.29, 0.717) is 6.42 Å². The van der Waals surface area contributed by atoms with Crippen molar-refractivity contribution in [2.45, 2.75) is 20.3 Å². The van der Waals surface area contributed by atoms with Gasteiger partial charge in [0.25, 0.3) is 0 Å². The Morgan fingerprint density at radius 3 is 2.54 bits per heavy atom. The molecule has 0 unspecified atom stereocenters. The Kier molecular flexibility index (Phi) is 5.34. The number of carboxylic acids is 1. The number of hydrogen-bond acceptors (Lipinski definition) is 3. The number of aliphatic carboxylic acids is 1. The molecule has 0 aromatic heterocycles. The molecule has 0 radical (unpaired) electrons. The van der Waals surface area contributed by atoms with E-state index in [1.165, 1.54) is 13.0 Å². The molecule has 0 aliphatic heterocycles. The molecule has 2 N–H and O–H groups in total. The van der Waals surface area contributed by atoms with Crippen molar-refractivity contribution in [3.63, 3.8) is 0 Å². The van der Waals surface area contributed by atoms with Gasteiger partial charge in [0.2, 0.25) is 0 Å². The molecule has 0 atom stereocenters. The lowest BCUT2D eigenvalue weighted by Crippen LogP contribution is -2.28. The number of carboxylic acid groups (broad SMARTS) is 1. The molecule has 0 aromatic rings. The van der Waals surface area contributed by atoms with Gasteiger partial charge in [-0.25, -0.2) is 9.59 Å². The lowest BCUT2D eigenvalue weighted by molar-refractivity contribution is -0.133. The van der Waals surface area contributed by atoms with E-state index in [9.17, 15) is 9.59 Å². The number of rotatable bonds is 4. The molecule has 0 aromatic carbocycles. The molecule has 0 spiro atoms. The first-order chi connectivity index (χ1) is 6.11. The molecule has 0 fully saturated rings. The average molecular weight is 187 g/mol. The van der Waals surface area contributed by atoms with Crippen molar-refractivity contribution in [2.75, 3.05) is 6.61 Å². The first kappa shape index (κ1) is 11.5. The highest BCUT2D eigenvalue weighted by atomic mass is 16.5. The first-order valence-electron chi connectivity index (χ1n) is 3.95. The van der Waals surface area contributed by atoms with Crippen molar-refractivity contribution in [3.05, 3.63) is 11.8 Å². The molecule has 0 saturated heterocycles. The summed E-state index contributed by atoms with van der Waals surface area (Å²) in [5.74, 6) is -1.18. The third-order valence-electron chi connectivity index (χ3n) is 1.19. The molecule has 74 valence electrons. The van der Waals surface area contributed by atoms with Gasteiger partial charge in [-0.2, -0.15) is 0 Å². The maximum Gasteiger partial charge on any atom is 0.411 e. The van der Waals surface area contributed by atoms with E-state index in [4.69, 9.17) is 5.11 Å². The van der Waals surface area contributed by atoms with Crippen molar-refractivity contribution >= 4 is 12.1 Å². The van der Waals surface area contributed by atoms with Crippen LogP contribution in [0.4, 0.5) is 4.79 Å². The molecular weight excluding hydrogens is 174 g/mol. The number of ether oxygens (including phenoxy) is 1. The number of hydrogen-bond donors (Lipinski definition) is 2. The first-order valence-corrected chi connectivity index (χ1v) is 3.95. The summed E-state index contributed by atoms with van der Waals surface area (Å²) in [7, 11) is 0. The van der Waals surface area contributed by atoms with Crippen LogP contribution < -0.4 is 5.32 Å². The number of alkyl carbamates (subject to hydrolysis) is 1. The van der Waals surface area contributed by atoms with Crippen LogP contribution in [0.15, 0.2) is 11.8 Å². The Bertz CT molecular complexity index is 222. The summed E-state index contributed by atoms with van der Waals surface area (Å²) in [6.07, 6.45) is 1.25. The van der Waals surface area contributed by atoms with Crippen LogP contribution in [0.3, 0.4) is 0 Å². The van der Waals surface area contributed by atoms with E-state index in [1.807, 2.05) is 6.92 Å². The molecule has 0 rings (SSSR count). The zero-order chi connectivity index (χ0) is 10.3. The summed E-state index contributed by atoms with van der Waals surface area (Å²) in [5, 5.41) is 10.6. The number of allylic oxidation sites excluding steroid dienone is 1. The van der Waals surface area contributed by atoms with Gasteiger partial charge in [0.1, 0.15) is 5.70 Å². The highest BCUT2D eigenvalue weighted by Crippen LogP contribution is 1.90. The molecule has 1 amide bonds. The average Bonchev–Trinajstić information content (AvgIpc) is 2.10. The van der Waals surface area contributed by atoms with Crippen LogP contribution in [0.5, 0.6) is 0 Å². The molecule has 0 aliphatic rings. The standard InChI is InChI=1S/C8H13NO4/c1-3-5-13-8(12)9-6(4-2)7(10)11/h4H,3,5H2,1-2H3,(H,9,12)(H,10,11). The van der Waals surface area contributed by atoms with Gasteiger partial charge in [0, 0.05) is 0 Å². The van der Waals surface area contributed by atoms with E-state index in [1.54, 1.807) is 0 Å². The van der Waals surface area contributed by atoms with Gasteiger partial charge in [-0.3, -0.25) is 5.32 Å². The van der Waals surface area contributed by atoms with Gasteiger partial charge < -0.3 is 9.84 Å². The summed E-state index contributed by atoms with van der Waals surface area (Å²) in [4.78, 5) is 21.2. The number of carbonyl (C=O) groups excluding carboxylic acids is 1. The second-order valence-corrected chi connectivity index (χ2v) is 2.27. The normalized spacial score (nSPS) is 10.8. The van der Waals surface area contributed by atoms with Crippen LogP contribution in [0.1, 0.15) is 20.3 Å². The number of amides is 1. The fourth-order valence-electron chi connectivity index (χ4n) is 0.590. The minimum Gasteiger partial charge on any atom is -0.477 e. The van der Waals surface area contributed by atoms with Crippen molar-refractivity contribution in [2.24, 2.45) is 0 Å². The quantitative estimate of drug-likeness (QED) is 0.646. The summed E-state index contributed by atoms with van der Waals surface area (Å²) in [6, 6.07) is 0. The van der Waals surface area contributed by atoms with Gasteiger partial charge in [0.15, 0.2) is 0 Å². The van der Waals surface area contributed by atoms with Gasteiger partial charge >= 0.3 is 12.1 Å². The van der Waals surface area contributed by atoms with E-state index >= 15 is 0 Å². The Morgan fingerprint density at radius 2 is 2.15 bits per heavy atom. The molecule has 0 heterocycles. The number of nitrogens with one attached hydrogen (secondary N) is 1. The van der Waals surface area contributed by atoms with Crippen LogP contribution in [0.2, 0.25) is 0 Å². The lowest BCUT2D eigenvalue weighted by atomic mass is 10.4. The molecule has 0 saturated carbocycles. The van der Waals surface area contributed by atoms with Gasteiger partial charge in [0.05, 0.1) is 6.61 Å². The van der Waals surface area contributed by atoms with Crippen LogP contribution in [0, 0.1) is 0 Å². The SMILES string of the molecule is CC=C(NC(=O)OCCC)C(=O)O. The Hall–Kier alpha value is -1.52. The Morgan fingerprint density at radius 1 is 1.54 bits per heavy atom. The fourth-order valence-corrected chi connectivity index (χ4v) is 0.590. The Balaban J connectivity index is 3.96. The second kappa shape index (κ2) is 6.05. The third kappa shape index (κ3) is 4.84. The summed E-state index contributed by atoms with van der Waals surface area (Å²) >= 11 is 0. The molecule has 5 heteroatoms. The molecule has 0 aliphatic carbocycles. The van der Waals surface area contributed by atoms with Crippen molar-refractivity contribution < 1.29 is 19.4 Å². The molecule has 0 bridgehead atoms. The monoisotopic (exact) mass is 187 g/mol.